The van der Waals surface area contributed by atoms with E-state index >= 15 is 0 Å². The maximum Gasteiger partial charge on any atom is 0.264 e. The van der Waals surface area contributed by atoms with Crippen molar-refractivity contribution < 1.29 is 31.1 Å². The first kappa shape index (κ1) is 22.7. The maximum absolute atomic E-state index is 14.4. The molecule has 2 heterocycles. The number of thiophene rings is 1. The van der Waals surface area contributed by atoms with E-state index in [0.29, 0.717) is 26.6 Å². The lowest BCUT2D eigenvalue weighted by Crippen LogP contribution is -2.50. The minimum absolute atomic E-state index is 0.0518. The molecular weight excluding hydrogens is 465 g/mol. The summed E-state index contributed by atoms with van der Waals surface area (Å²) in [5.41, 5.74) is 0.457. The van der Waals surface area contributed by atoms with Gasteiger partial charge in [-0.2, -0.15) is 4.31 Å². The highest BCUT2D eigenvalue weighted by Gasteiger charge is 2.33. The number of amides is 1. The first-order valence-electron chi connectivity index (χ1n) is 9.67. The van der Waals surface area contributed by atoms with Gasteiger partial charge >= 0.3 is 0 Å². The molecule has 1 amide bonds. The summed E-state index contributed by atoms with van der Waals surface area (Å²) in [4.78, 5) is 14.4. The average Bonchev–Trinajstić information content (AvgIpc) is 3.13. The molecule has 6 nitrogen and oxygen atoms in total. The highest BCUT2D eigenvalue weighted by atomic mass is 32.2. The number of benzene rings is 2. The highest BCUT2D eigenvalue weighted by molar-refractivity contribution is 7.89. The molecular formula is C21H19F3N2O4S2. The zero-order valence-electron chi connectivity index (χ0n) is 17.0. The Morgan fingerprint density at radius 3 is 2.44 bits per heavy atom. The molecule has 1 fully saturated rings. The molecule has 170 valence electrons. The van der Waals surface area contributed by atoms with Crippen LogP contribution in [0.5, 0.6) is 0 Å². The second-order valence-corrected chi connectivity index (χ2v) is 10.2. The van der Waals surface area contributed by atoms with Crippen molar-refractivity contribution in [1.29, 1.82) is 0 Å². The van der Waals surface area contributed by atoms with E-state index in [1.807, 2.05) is 0 Å². The number of sulfonamides is 1. The molecule has 0 atom stereocenters. The summed E-state index contributed by atoms with van der Waals surface area (Å²) in [5, 5.41) is 0.343. The van der Waals surface area contributed by atoms with Gasteiger partial charge in [-0.1, -0.05) is 6.07 Å². The Labute approximate surface area is 186 Å². The van der Waals surface area contributed by atoms with Crippen LogP contribution in [0.3, 0.4) is 0 Å². The number of carbonyl (C=O) groups excluding carboxylic acids is 1. The number of hydrogen-bond donors (Lipinski definition) is 0. The third-order valence-electron chi connectivity index (χ3n) is 5.28. The predicted octanol–water partition coefficient (Wildman–Crippen LogP) is 3.61. The van der Waals surface area contributed by atoms with Crippen molar-refractivity contribution in [3.63, 3.8) is 0 Å². The minimum Gasteiger partial charge on any atom is -0.380 e. The van der Waals surface area contributed by atoms with Gasteiger partial charge in [-0.15, -0.1) is 11.3 Å². The first-order valence-corrected chi connectivity index (χ1v) is 11.9. The Morgan fingerprint density at radius 2 is 1.78 bits per heavy atom. The van der Waals surface area contributed by atoms with Crippen molar-refractivity contribution in [3.05, 3.63) is 64.3 Å². The third kappa shape index (κ3) is 4.01. The van der Waals surface area contributed by atoms with Crippen LogP contribution in [0.2, 0.25) is 0 Å². The third-order valence-corrected chi connectivity index (χ3v) is 8.40. The Morgan fingerprint density at radius 1 is 1.06 bits per heavy atom. The molecule has 1 aromatic heterocycles. The van der Waals surface area contributed by atoms with Crippen LogP contribution >= 0.6 is 11.3 Å². The fraction of sp³-hybridized carbons (Fsp3) is 0.286. The first-order chi connectivity index (χ1) is 15.2. The lowest BCUT2D eigenvalue weighted by atomic mass is 10.1. The molecule has 1 aliphatic rings. The molecule has 0 unspecified atom stereocenters. The molecule has 0 N–H and O–H groups in total. The van der Waals surface area contributed by atoms with E-state index in [1.54, 1.807) is 12.1 Å². The Kier molecular flexibility index (Phi) is 6.26. The molecule has 1 aliphatic heterocycles. The van der Waals surface area contributed by atoms with E-state index in [-0.39, 0.29) is 38.7 Å². The largest absolute Gasteiger partial charge is 0.380 e. The quantitative estimate of drug-likeness (QED) is 0.555. The minimum atomic E-state index is -4.18. The second-order valence-electron chi connectivity index (χ2n) is 7.23. The van der Waals surface area contributed by atoms with Gasteiger partial charge in [0, 0.05) is 55.0 Å². The number of hydrogen-bond acceptors (Lipinski definition) is 5. The maximum atomic E-state index is 14.4. The molecule has 32 heavy (non-hydrogen) atoms. The van der Waals surface area contributed by atoms with Gasteiger partial charge in [0.2, 0.25) is 10.0 Å². The summed E-state index contributed by atoms with van der Waals surface area (Å²) < 4.78 is 73.9. The highest BCUT2D eigenvalue weighted by Crippen LogP contribution is 2.35. The van der Waals surface area contributed by atoms with Gasteiger partial charge < -0.3 is 9.64 Å². The van der Waals surface area contributed by atoms with Crippen LogP contribution < -0.4 is 0 Å². The van der Waals surface area contributed by atoms with E-state index in [4.69, 9.17) is 4.74 Å². The van der Waals surface area contributed by atoms with Crippen LogP contribution in [0.1, 0.15) is 15.2 Å². The number of rotatable bonds is 5. The molecule has 2 aromatic carbocycles. The summed E-state index contributed by atoms with van der Waals surface area (Å²) in [6.07, 6.45) is 0. The molecule has 0 spiro atoms. The molecule has 11 heteroatoms. The molecule has 1 saturated heterocycles. The van der Waals surface area contributed by atoms with Gasteiger partial charge in [-0.25, -0.2) is 21.6 Å². The van der Waals surface area contributed by atoms with Crippen molar-refractivity contribution in [3.8, 4) is 0 Å². The van der Waals surface area contributed by atoms with Crippen molar-refractivity contribution >= 4 is 37.4 Å². The average molecular weight is 485 g/mol. The summed E-state index contributed by atoms with van der Waals surface area (Å²) in [7, 11) is -2.72. The van der Waals surface area contributed by atoms with Gasteiger partial charge in [0.1, 0.15) is 22.3 Å². The SMILES string of the molecule is COCc1c(C(=O)N2CCN(S(=O)(=O)c3ccc(F)cc3F)CC2)sc2cccc(F)c12. The summed E-state index contributed by atoms with van der Waals surface area (Å²) in [5.74, 6) is -2.83. The number of ether oxygens (including phenoxy) is 1. The Hall–Kier alpha value is -2.47. The lowest BCUT2D eigenvalue weighted by molar-refractivity contribution is 0.0698. The van der Waals surface area contributed by atoms with Crippen molar-refractivity contribution in [2.24, 2.45) is 0 Å². The van der Waals surface area contributed by atoms with Gasteiger partial charge in [0.25, 0.3) is 5.91 Å². The van der Waals surface area contributed by atoms with E-state index in [1.165, 1.54) is 18.1 Å². The predicted molar refractivity (Wildman–Crippen MR) is 114 cm³/mol. The van der Waals surface area contributed by atoms with Crippen LogP contribution in [-0.4, -0.2) is 56.8 Å². The fourth-order valence-corrected chi connectivity index (χ4v) is 6.38. The Bertz CT molecular complexity index is 1290. The van der Waals surface area contributed by atoms with E-state index in [2.05, 4.69) is 0 Å². The lowest BCUT2D eigenvalue weighted by Gasteiger charge is -2.34. The summed E-state index contributed by atoms with van der Waals surface area (Å²) in [6.45, 7) is 0.0990. The molecule has 0 saturated carbocycles. The standard InChI is InChI=1S/C21H19F3N2O4S2/c1-30-12-14-19-15(23)3-2-4-17(19)31-20(14)21(27)25-7-9-26(10-8-25)32(28,29)18-6-5-13(22)11-16(18)24/h2-6,11H,7-10,12H2,1H3. The monoisotopic (exact) mass is 484 g/mol. The van der Waals surface area contributed by atoms with Crippen LogP contribution in [-0.2, 0) is 21.4 Å². The van der Waals surface area contributed by atoms with Crippen molar-refractivity contribution in [2.75, 3.05) is 33.3 Å². The van der Waals surface area contributed by atoms with Gasteiger partial charge in [0.05, 0.1) is 11.5 Å². The summed E-state index contributed by atoms with van der Waals surface area (Å²) in [6, 6.07) is 6.90. The van der Waals surface area contributed by atoms with E-state index in [0.717, 1.165) is 27.8 Å². The van der Waals surface area contributed by atoms with Crippen LogP contribution in [0.4, 0.5) is 13.2 Å². The number of nitrogens with zero attached hydrogens (tertiary/aromatic N) is 2. The van der Waals surface area contributed by atoms with Crippen LogP contribution in [0.15, 0.2) is 41.3 Å². The normalized spacial score (nSPS) is 15.4. The number of fused-ring (bicyclic) bond motifs is 1. The van der Waals surface area contributed by atoms with Gasteiger partial charge in [-0.05, 0) is 24.3 Å². The number of halogens is 3. The smallest absolute Gasteiger partial charge is 0.264 e. The molecule has 3 aromatic rings. The van der Waals surface area contributed by atoms with Crippen molar-refractivity contribution in [2.45, 2.75) is 11.5 Å². The molecule has 0 bridgehead atoms. The number of methoxy groups -OCH3 is 1. The second kappa shape index (κ2) is 8.81. The van der Waals surface area contributed by atoms with Crippen molar-refractivity contribution in [1.82, 2.24) is 9.21 Å². The van der Waals surface area contributed by atoms with Crippen LogP contribution in [0, 0.1) is 17.5 Å². The Balaban J connectivity index is 1.55. The zero-order chi connectivity index (χ0) is 23.0. The van der Waals surface area contributed by atoms with E-state index < -0.39 is 32.4 Å². The van der Waals surface area contributed by atoms with Gasteiger partial charge in [-0.3, -0.25) is 4.79 Å². The van der Waals surface area contributed by atoms with Gasteiger partial charge in [0.15, 0.2) is 0 Å². The molecule has 0 radical (unpaired) electrons. The fourth-order valence-electron chi connectivity index (χ4n) is 3.72. The summed E-state index contributed by atoms with van der Waals surface area (Å²) >= 11 is 1.16. The molecule has 0 aliphatic carbocycles. The molecule has 4 rings (SSSR count). The topological polar surface area (TPSA) is 66.9 Å². The van der Waals surface area contributed by atoms with E-state index in [9.17, 15) is 26.4 Å². The number of piperazine rings is 1. The number of carbonyl (C=O) groups is 1. The zero-order valence-corrected chi connectivity index (χ0v) is 18.6. The van der Waals surface area contributed by atoms with Crippen LogP contribution in [0.25, 0.3) is 10.1 Å².